The molecule has 12 heteroatoms. The number of hydrogen-bond donors (Lipinski definition) is 1. The van der Waals surface area contributed by atoms with Crippen LogP contribution in [0.5, 0.6) is 0 Å². The lowest BCUT2D eigenvalue weighted by Crippen LogP contribution is -2.53. The summed E-state index contributed by atoms with van der Waals surface area (Å²) in [7, 11) is 3.45. The molecule has 1 aromatic heterocycles. The van der Waals surface area contributed by atoms with Gasteiger partial charge in [-0.05, 0) is 58.1 Å². The third-order valence-corrected chi connectivity index (χ3v) is 8.69. The van der Waals surface area contributed by atoms with E-state index in [1.54, 1.807) is 33.4 Å². The van der Waals surface area contributed by atoms with Crippen LogP contribution in [0.25, 0.3) is 11.0 Å². The van der Waals surface area contributed by atoms with Gasteiger partial charge < -0.3 is 24.8 Å². The molecule has 3 aliphatic rings. The van der Waals surface area contributed by atoms with Crippen LogP contribution in [0.15, 0.2) is 29.1 Å². The highest BCUT2D eigenvalue weighted by Gasteiger charge is 2.41. The average molecular weight is 570 g/mol. The lowest BCUT2D eigenvalue weighted by Gasteiger charge is -2.39. The molecule has 1 N–H and O–H groups in total. The minimum atomic E-state index is -0.359. The van der Waals surface area contributed by atoms with Gasteiger partial charge in [0.2, 0.25) is 0 Å². The summed E-state index contributed by atoms with van der Waals surface area (Å²) in [6, 6.07) is 7.73. The third-order valence-electron chi connectivity index (χ3n) is 8.69. The molecule has 41 heavy (non-hydrogen) atoms. The Balaban J connectivity index is 1.08. The molecule has 0 saturated carbocycles. The van der Waals surface area contributed by atoms with Crippen molar-refractivity contribution < 1.29 is 19.1 Å². The van der Waals surface area contributed by atoms with Gasteiger partial charge in [0.25, 0.3) is 0 Å². The molecular weight excluding hydrogens is 526 g/mol. The van der Waals surface area contributed by atoms with Crippen molar-refractivity contribution >= 4 is 29.2 Å². The molecule has 3 aliphatic heterocycles. The molecule has 0 spiro atoms. The second-order valence-corrected chi connectivity index (χ2v) is 11.9. The smallest absolute Gasteiger partial charge is 0.409 e. The zero-order chi connectivity index (χ0) is 29.3. The fourth-order valence-corrected chi connectivity index (χ4v) is 6.72. The van der Waals surface area contributed by atoms with Gasteiger partial charge in [0.15, 0.2) is 0 Å². The predicted octanol–water partition coefficient (Wildman–Crippen LogP) is 2.76. The molecule has 3 atom stereocenters. The lowest BCUT2D eigenvalue weighted by molar-refractivity contribution is 0.0688. The van der Waals surface area contributed by atoms with Crippen LogP contribution in [-0.4, -0.2) is 118 Å². The number of fused-ring (bicyclic) bond motifs is 3. The number of carbonyl (C=O) groups excluding carboxylic acids is 3. The van der Waals surface area contributed by atoms with Gasteiger partial charge in [-0.3, -0.25) is 9.47 Å². The molecule has 2 aromatic rings. The van der Waals surface area contributed by atoms with Crippen LogP contribution in [-0.2, 0) is 4.74 Å². The van der Waals surface area contributed by atoms with Gasteiger partial charge in [-0.15, -0.1) is 0 Å². The molecule has 1 aromatic carbocycles. The SMILES string of the molecule is CC(C)n1c(=O)n(C(=O)N[C@@H]2CC3CC[C@@H](C2)N3CCCOC(=O)N2CCN(C(=O)N(C)C)CC2)c2ccccc21. The van der Waals surface area contributed by atoms with Crippen LogP contribution < -0.4 is 11.0 Å². The number of piperazine rings is 1. The van der Waals surface area contributed by atoms with Crippen LogP contribution in [0.1, 0.15) is 52.0 Å². The summed E-state index contributed by atoms with van der Waals surface area (Å²) in [5, 5.41) is 3.16. The number of piperidine rings is 1. The Labute approximate surface area is 240 Å². The van der Waals surface area contributed by atoms with E-state index in [9.17, 15) is 19.2 Å². The molecule has 0 aliphatic carbocycles. The van der Waals surface area contributed by atoms with Crippen molar-refractivity contribution in [3.63, 3.8) is 0 Å². The first-order valence-electron chi connectivity index (χ1n) is 14.8. The molecule has 4 amide bonds. The highest BCUT2D eigenvalue weighted by molar-refractivity contribution is 5.89. The molecule has 1 unspecified atom stereocenters. The van der Waals surface area contributed by atoms with Crippen molar-refractivity contribution in [2.45, 2.75) is 70.1 Å². The molecule has 3 fully saturated rings. The Hall–Kier alpha value is -3.54. The Bertz CT molecular complexity index is 1310. The molecule has 2 bridgehead atoms. The fourth-order valence-electron chi connectivity index (χ4n) is 6.72. The van der Waals surface area contributed by atoms with E-state index in [0.29, 0.717) is 50.4 Å². The quantitative estimate of drug-likeness (QED) is 0.536. The average Bonchev–Trinajstić information content (AvgIpc) is 3.38. The number of urea groups is 1. The number of nitrogens with zero attached hydrogens (tertiary/aromatic N) is 6. The molecule has 0 radical (unpaired) electrons. The molecule has 224 valence electrons. The molecule has 4 heterocycles. The largest absolute Gasteiger partial charge is 0.449 e. The third kappa shape index (κ3) is 5.93. The van der Waals surface area contributed by atoms with Crippen molar-refractivity contribution in [2.75, 3.05) is 53.4 Å². The van der Waals surface area contributed by atoms with Crippen molar-refractivity contribution in [3.8, 4) is 0 Å². The van der Waals surface area contributed by atoms with E-state index in [0.717, 1.165) is 44.2 Å². The summed E-state index contributed by atoms with van der Waals surface area (Å²) in [4.78, 5) is 58.6. The van der Waals surface area contributed by atoms with Gasteiger partial charge in [-0.2, -0.15) is 0 Å². The summed E-state index contributed by atoms with van der Waals surface area (Å²) in [5.41, 5.74) is 1.08. The van der Waals surface area contributed by atoms with Crippen molar-refractivity contribution in [1.29, 1.82) is 0 Å². The normalized spacial score (nSPS) is 22.8. The summed E-state index contributed by atoms with van der Waals surface area (Å²) >= 11 is 0. The van der Waals surface area contributed by atoms with E-state index < -0.39 is 0 Å². The lowest BCUT2D eigenvalue weighted by atomic mass is 9.97. The highest BCUT2D eigenvalue weighted by atomic mass is 16.6. The molecule has 3 saturated heterocycles. The first kappa shape index (κ1) is 29.0. The van der Waals surface area contributed by atoms with Crippen LogP contribution in [0.4, 0.5) is 14.4 Å². The Kier molecular flexibility index (Phi) is 8.58. The van der Waals surface area contributed by atoms with Gasteiger partial charge in [0, 0.05) is 71.0 Å². The second-order valence-electron chi connectivity index (χ2n) is 11.9. The van der Waals surface area contributed by atoms with Crippen molar-refractivity contribution in [2.24, 2.45) is 0 Å². The number of aromatic nitrogens is 2. The van der Waals surface area contributed by atoms with Crippen molar-refractivity contribution in [3.05, 3.63) is 34.7 Å². The van der Waals surface area contributed by atoms with Crippen LogP contribution in [0.2, 0.25) is 0 Å². The summed E-state index contributed by atoms with van der Waals surface area (Å²) in [6.07, 6.45) is 4.28. The number of para-hydroxylation sites is 2. The van der Waals surface area contributed by atoms with E-state index in [2.05, 4.69) is 10.2 Å². The van der Waals surface area contributed by atoms with Crippen LogP contribution in [0, 0.1) is 0 Å². The maximum atomic E-state index is 13.3. The maximum Gasteiger partial charge on any atom is 0.409 e. The van der Waals surface area contributed by atoms with Crippen LogP contribution in [0.3, 0.4) is 0 Å². The Morgan fingerprint density at radius 2 is 1.59 bits per heavy atom. The monoisotopic (exact) mass is 569 g/mol. The summed E-state index contributed by atoms with van der Waals surface area (Å²) in [5.74, 6) is 0. The van der Waals surface area contributed by atoms with E-state index in [-0.39, 0.29) is 35.9 Å². The van der Waals surface area contributed by atoms with Gasteiger partial charge in [-0.25, -0.2) is 23.7 Å². The number of carbonyl (C=O) groups is 3. The van der Waals surface area contributed by atoms with Gasteiger partial charge in [-0.1, -0.05) is 12.1 Å². The van der Waals surface area contributed by atoms with E-state index in [4.69, 9.17) is 4.74 Å². The fraction of sp³-hybridized carbons (Fsp3) is 0.655. The molecule has 12 nitrogen and oxygen atoms in total. The molecule has 5 rings (SSSR count). The summed E-state index contributed by atoms with van der Waals surface area (Å²) in [6.45, 7) is 7.06. The maximum absolute atomic E-state index is 13.3. The molecular formula is C29H43N7O5. The van der Waals surface area contributed by atoms with E-state index in [1.165, 1.54) is 4.57 Å². The topological polar surface area (TPSA) is 112 Å². The Morgan fingerprint density at radius 3 is 2.20 bits per heavy atom. The second kappa shape index (κ2) is 12.1. The number of nitrogens with one attached hydrogen (secondary N) is 1. The van der Waals surface area contributed by atoms with Crippen LogP contribution >= 0.6 is 0 Å². The minimum absolute atomic E-state index is 0.0141. The van der Waals surface area contributed by atoms with Gasteiger partial charge in [0.05, 0.1) is 17.6 Å². The number of imidazole rings is 1. The zero-order valence-corrected chi connectivity index (χ0v) is 24.6. The van der Waals surface area contributed by atoms with Gasteiger partial charge >= 0.3 is 23.8 Å². The zero-order valence-electron chi connectivity index (χ0n) is 24.6. The first-order chi connectivity index (χ1) is 19.7. The number of hydrogen-bond acceptors (Lipinski definition) is 6. The minimum Gasteiger partial charge on any atom is -0.449 e. The number of rotatable bonds is 6. The number of benzene rings is 1. The number of ether oxygens (including phenoxy) is 1. The van der Waals surface area contributed by atoms with E-state index in [1.807, 2.05) is 38.1 Å². The highest BCUT2D eigenvalue weighted by Crippen LogP contribution is 2.36. The summed E-state index contributed by atoms with van der Waals surface area (Å²) < 4.78 is 8.49. The van der Waals surface area contributed by atoms with Crippen molar-refractivity contribution in [1.82, 2.24) is 34.1 Å². The van der Waals surface area contributed by atoms with E-state index >= 15 is 0 Å². The van der Waals surface area contributed by atoms with Gasteiger partial charge in [0.1, 0.15) is 0 Å². The Morgan fingerprint density at radius 1 is 0.976 bits per heavy atom. The first-order valence-corrected chi connectivity index (χ1v) is 14.8. The number of amides is 4. The predicted molar refractivity (Wildman–Crippen MR) is 155 cm³/mol. The standard InChI is InChI=1S/C29H43N7O5/c1-20(2)35-24-8-5-6-9-25(24)36(28(35)39)26(37)30-21-18-22-10-11-23(19-21)34(22)12-7-17-41-29(40)33-15-13-32(14-16-33)27(38)31(3)4/h5-6,8-9,20-23H,7,10-19H2,1-4H3,(H,30,37)/t21-,22-,23?/m0/s1.